The summed E-state index contributed by atoms with van der Waals surface area (Å²) in [5.74, 6) is -4.36. The molecule has 49 heavy (non-hydrogen) atoms. The molecule has 260 valence electrons. The first-order valence-corrected chi connectivity index (χ1v) is 15.3. The molecule has 6 N–H and O–H groups in total. The van der Waals surface area contributed by atoms with Crippen molar-refractivity contribution in [1.29, 1.82) is 0 Å². The van der Waals surface area contributed by atoms with Crippen molar-refractivity contribution >= 4 is 22.7 Å². The molecule has 7 rings (SSSR count). The largest absolute Gasteiger partial charge is 0.508 e. The highest BCUT2D eigenvalue weighted by molar-refractivity contribution is 5.89. The van der Waals surface area contributed by atoms with Crippen molar-refractivity contribution in [3.8, 4) is 17.1 Å². The van der Waals surface area contributed by atoms with Crippen molar-refractivity contribution in [3.63, 3.8) is 0 Å². The van der Waals surface area contributed by atoms with Crippen LogP contribution in [-0.2, 0) is 39.6 Å². The van der Waals surface area contributed by atoms with E-state index < -0.39 is 48.2 Å². The summed E-state index contributed by atoms with van der Waals surface area (Å²) in [7, 11) is 3.86. The van der Waals surface area contributed by atoms with Crippen LogP contribution in [0.2, 0.25) is 0 Å². The number of hydrogen-bond acceptors (Lipinski definition) is 13. The second kappa shape index (κ2) is 12.3. The molecule has 0 bridgehead atoms. The first-order chi connectivity index (χ1) is 23.1. The molecule has 0 aliphatic carbocycles. The number of halogens is 2. The van der Waals surface area contributed by atoms with Gasteiger partial charge < -0.3 is 45.1 Å². The number of phenols is 1. The lowest BCUT2D eigenvalue weighted by atomic mass is 9.86. The minimum Gasteiger partial charge on any atom is -0.508 e. The van der Waals surface area contributed by atoms with Gasteiger partial charge in [0.1, 0.15) is 24.3 Å². The number of aromatic hydroxyl groups is 1. The average molecular weight is 685 g/mol. The zero-order valence-electron chi connectivity index (χ0n) is 26.6. The molecule has 1 fully saturated rings. The zero-order valence-corrected chi connectivity index (χ0v) is 26.6. The molecular weight excluding hydrogens is 650 g/mol. The van der Waals surface area contributed by atoms with Crippen LogP contribution in [0.25, 0.3) is 22.3 Å². The molecule has 0 saturated carbocycles. The highest BCUT2D eigenvalue weighted by Gasteiger charge is 2.59. The maximum atomic E-state index is 13.7. The highest BCUT2D eigenvalue weighted by Crippen LogP contribution is 2.42. The molecule has 0 radical (unpaired) electrons. The van der Waals surface area contributed by atoms with Gasteiger partial charge in [-0.3, -0.25) is 9.36 Å². The number of ether oxygens (including phenoxy) is 2. The van der Waals surface area contributed by atoms with Crippen LogP contribution in [0.1, 0.15) is 41.8 Å². The van der Waals surface area contributed by atoms with Gasteiger partial charge in [0.15, 0.2) is 11.7 Å². The van der Waals surface area contributed by atoms with Crippen LogP contribution in [0.3, 0.4) is 0 Å². The van der Waals surface area contributed by atoms with E-state index in [1.54, 1.807) is 29.7 Å². The van der Waals surface area contributed by atoms with Gasteiger partial charge in [0, 0.05) is 34.8 Å². The second-order valence-corrected chi connectivity index (χ2v) is 12.3. The monoisotopic (exact) mass is 684 g/mol. The molecule has 15 nitrogen and oxygen atoms in total. The normalized spacial score (nSPS) is 23.4. The van der Waals surface area contributed by atoms with E-state index in [2.05, 4.69) is 4.98 Å². The summed E-state index contributed by atoms with van der Waals surface area (Å²) >= 11 is 0. The Morgan fingerprint density at radius 2 is 1.88 bits per heavy atom. The number of cyclic esters (lactones) is 1. The van der Waals surface area contributed by atoms with Crippen molar-refractivity contribution in [1.82, 2.24) is 24.0 Å². The first kappa shape index (κ1) is 34.1. The van der Waals surface area contributed by atoms with Crippen LogP contribution in [0.4, 0.5) is 14.6 Å². The highest BCUT2D eigenvalue weighted by atomic mass is 19.3. The van der Waals surface area contributed by atoms with Crippen LogP contribution in [-0.4, -0.2) is 89.2 Å². The van der Waals surface area contributed by atoms with Gasteiger partial charge >= 0.3 is 17.6 Å². The molecule has 0 amide bonds. The molecule has 6 heterocycles. The summed E-state index contributed by atoms with van der Waals surface area (Å²) in [5.41, 5.74) is 6.24. The van der Waals surface area contributed by atoms with Crippen molar-refractivity contribution in [2.24, 2.45) is 0 Å². The number of anilines is 1. The van der Waals surface area contributed by atoms with Crippen molar-refractivity contribution in [2.45, 2.75) is 63.0 Å². The Kier molecular flexibility index (Phi) is 8.52. The lowest BCUT2D eigenvalue weighted by molar-refractivity contribution is -0.172. The third-order valence-corrected chi connectivity index (χ3v) is 8.92. The Morgan fingerprint density at radius 1 is 1.14 bits per heavy atom. The molecule has 17 heteroatoms. The summed E-state index contributed by atoms with van der Waals surface area (Å²) in [6.45, 7) is 1.62. The fourth-order valence-electron chi connectivity index (χ4n) is 6.30. The van der Waals surface area contributed by atoms with Gasteiger partial charge in [0.25, 0.3) is 5.56 Å². The van der Waals surface area contributed by atoms with E-state index in [0.29, 0.717) is 45.7 Å². The molecule has 1 saturated heterocycles. The molecule has 0 spiro atoms. The van der Waals surface area contributed by atoms with Gasteiger partial charge in [-0.2, -0.15) is 13.8 Å². The number of esters is 1. The van der Waals surface area contributed by atoms with Crippen molar-refractivity contribution < 1.29 is 43.5 Å². The third-order valence-electron chi connectivity index (χ3n) is 8.92. The Labute approximate surface area is 276 Å². The number of nitrogens with zero attached hydrogens (tertiary/aromatic N) is 5. The standard InChI is InChI=1S/C23H23N3O5.C9H11F2N3O4/c1-4-23(30)16-8-18-20-12(9-26(18)21(28)15(16)11-31-22(23)29)7-13-14(10-25(2)3)19(27)6-5-17(13)24-20;10-9(11)6(16)4(3-15)18-7(9)14-2-1-5(12)13-8(14)17/h5-8,27,30H,4,9-11H2,1-3H3;1-2,4,6-7,15-16H,3H2,(H2,12,13,17)/t23-;4-,6-,7-/m01/s1. The van der Waals surface area contributed by atoms with Crippen LogP contribution in [0.5, 0.6) is 5.75 Å². The van der Waals surface area contributed by atoms with E-state index >= 15 is 0 Å². The smallest absolute Gasteiger partial charge is 0.351 e. The minimum atomic E-state index is -3.71. The van der Waals surface area contributed by atoms with Crippen LogP contribution < -0.4 is 17.0 Å². The van der Waals surface area contributed by atoms with E-state index in [9.17, 15) is 38.5 Å². The van der Waals surface area contributed by atoms with E-state index in [1.165, 1.54) is 0 Å². The number of aliphatic hydroxyl groups is 3. The summed E-state index contributed by atoms with van der Waals surface area (Å²) in [6.07, 6.45) is -4.58. The zero-order chi connectivity index (χ0) is 35.6. The van der Waals surface area contributed by atoms with Crippen LogP contribution in [0, 0.1) is 0 Å². The number of carbonyl (C=O) groups excluding carboxylic acids is 1. The van der Waals surface area contributed by atoms with Gasteiger partial charge in [0.05, 0.1) is 35.6 Å². The summed E-state index contributed by atoms with van der Waals surface area (Å²) in [4.78, 5) is 47.0. The predicted octanol–water partition coefficient (Wildman–Crippen LogP) is 0.558. The number of carbonyl (C=O) groups is 1. The maximum absolute atomic E-state index is 13.7. The van der Waals surface area contributed by atoms with E-state index in [-0.39, 0.29) is 30.2 Å². The summed E-state index contributed by atoms with van der Waals surface area (Å²) in [5, 5.41) is 40.3. The number of benzene rings is 1. The number of alkyl halides is 2. The second-order valence-electron chi connectivity index (χ2n) is 12.3. The number of rotatable bonds is 5. The number of phenolic OH excluding ortho intramolecular Hbond substituents is 1. The number of nitrogen functional groups attached to an aromatic ring is 1. The van der Waals surface area contributed by atoms with Gasteiger partial charge in [0.2, 0.25) is 6.23 Å². The molecule has 3 aliphatic heterocycles. The molecular formula is C32H34F2N6O9. The van der Waals surface area contributed by atoms with Gasteiger partial charge in [-0.25, -0.2) is 14.6 Å². The summed E-state index contributed by atoms with van der Waals surface area (Å²) in [6, 6.07) is 8.20. The lowest BCUT2D eigenvalue weighted by Crippen LogP contribution is -2.44. The van der Waals surface area contributed by atoms with Crippen molar-refractivity contribution in [3.05, 3.63) is 79.6 Å². The number of hydrogen-bond donors (Lipinski definition) is 5. The van der Waals surface area contributed by atoms with Crippen LogP contribution in [0.15, 0.2) is 46.1 Å². The first-order valence-electron chi connectivity index (χ1n) is 15.3. The number of aliphatic hydroxyl groups excluding tert-OH is 2. The molecule has 1 aromatic carbocycles. The quantitative estimate of drug-likeness (QED) is 0.160. The number of pyridine rings is 2. The molecule has 4 atom stereocenters. The molecule has 4 aromatic rings. The predicted molar refractivity (Wildman–Crippen MR) is 168 cm³/mol. The maximum Gasteiger partial charge on any atom is 0.351 e. The lowest BCUT2D eigenvalue weighted by Gasteiger charge is -2.31. The fraction of sp³-hybridized carbons (Fsp3) is 0.406. The Morgan fingerprint density at radius 3 is 2.51 bits per heavy atom. The van der Waals surface area contributed by atoms with Crippen molar-refractivity contribution in [2.75, 3.05) is 26.4 Å². The van der Waals surface area contributed by atoms with Crippen LogP contribution >= 0.6 is 0 Å². The molecule has 3 aliphatic rings. The Balaban J connectivity index is 0.000000197. The van der Waals surface area contributed by atoms with Gasteiger partial charge in [-0.15, -0.1) is 0 Å². The SMILES string of the molecule is CC[C@@]1(O)C(=O)OCc2c1cc1n(c2=O)Cc2cc3c(CN(C)C)c(O)ccc3nc2-1.Nc1ccn([C@@H]2O[C@H](CO)[C@@H](O)C2(F)F)c(=O)n1. The Hall–Kier alpha value is -4.81. The number of nitrogens with two attached hydrogens (primary N) is 1. The fourth-order valence-corrected chi connectivity index (χ4v) is 6.30. The number of aromatic nitrogens is 4. The van der Waals surface area contributed by atoms with Gasteiger partial charge in [-0.05, 0) is 50.8 Å². The third kappa shape index (κ3) is 5.52. The van der Waals surface area contributed by atoms with E-state index in [1.807, 2.05) is 25.1 Å². The average Bonchev–Trinajstić information content (AvgIpc) is 3.53. The minimum absolute atomic E-state index is 0.104. The topological polar surface area (TPSA) is 215 Å². The Bertz CT molecular complexity index is 2100. The number of fused-ring (bicyclic) bond motifs is 5. The summed E-state index contributed by atoms with van der Waals surface area (Å²) < 4.78 is 39.4. The van der Waals surface area contributed by atoms with Gasteiger partial charge in [-0.1, -0.05) is 6.92 Å². The molecule has 0 unspecified atom stereocenters. The van der Waals surface area contributed by atoms with E-state index in [0.717, 1.165) is 28.8 Å². The molecule has 3 aromatic heterocycles. The van der Waals surface area contributed by atoms with E-state index in [4.69, 9.17) is 25.3 Å².